The highest BCUT2D eigenvalue weighted by molar-refractivity contribution is 6.06. The van der Waals surface area contributed by atoms with Gasteiger partial charge in [0.25, 0.3) is 5.91 Å². The normalized spacial score (nSPS) is 12.2. The summed E-state index contributed by atoms with van der Waals surface area (Å²) in [6, 6.07) is 5.85. The summed E-state index contributed by atoms with van der Waals surface area (Å²) >= 11 is 0. The first-order valence-corrected chi connectivity index (χ1v) is 5.20. The van der Waals surface area contributed by atoms with Crippen LogP contribution in [-0.4, -0.2) is 17.4 Å². The Morgan fingerprint density at radius 3 is 2.30 bits per heavy atom. The van der Waals surface area contributed by atoms with Gasteiger partial charge in [0, 0.05) is 5.69 Å². The van der Waals surface area contributed by atoms with Crippen LogP contribution >= 0.6 is 0 Å². The quantitative estimate of drug-likeness (QED) is 0.508. The second-order valence-electron chi connectivity index (χ2n) is 3.60. The molecule has 8 heteroatoms. The summed E-state index contributed by atoms with van der Waals surface area (Å²) < 4.78 is 39.4. The van der Waals surface area contributed by atoms with E-state index in [-0.39, 0.29) is 5.69 Å². The molecule has 5 nitrogen and oxygen atoms in total. The Hall–Kier alpha value is -2.69. The number of benzene rings is 1. The van der Waals surface area contributed by atoms with Gasteiger partial charge in [-0.2, -0.15) is 5.26 Å². The van der Waals surface area contributed by atoms with Crippen molar-refractivity contribution in [1.29, 1.82) is 5.26 Å². The molecule has 0 radical (unpaired) electrons. The lowest BCUT2D eigenvalue weighted by Crippen LogP contribution is -2.17. The second-order valence-corrected chi connectivity index (χ2v) is 3.60. The zero-order valence-electron chi connectivity index (χ0n) is 10.2. The molecule has 106 valence electrons. The molecule has 0 aliphatic carbocycles. The van der Waals surface area contributed by atoms with Crippen molar-refractivity contribution in [3.05, 3.63) is 35.6 Å². The van der Waals surface area contributed by atoms with Crippen molar-refractivity contribution in [2.45, 2.75) is 13.3 Å². The molecule has 0 heterocycles. The predicted octanol–water partition coefficient (Wildman–Crippen LogP) is 2.88. The van der Waals surface area contributed by atoms with Crippen molar-refractivity contribution in [3.8, 4) is 11.8 Å². The van der Waals surface area contributed by atoms with Gasteiger partial charge in [-0.3, -0.25) is 4.79 Å². The number of carbonyl (C=O) groups is 1. The number of halogens is 3. The Morgan fingerprint density at radius 2 is 1.90 bits per heavy atom. The van der Waals surface area contributed by atoms with Gasteiger partial charge in [0.2, 0.25) is 0 Å². The summed E-state index contributed by atoms with van der Waals surface area (Å²) in [5.74, 6) is -1.76. The number of nitrogens with zero attached hydrogens (tertiary/aromatic N) is 1. The molecule has 1 aromatic carbocycles. The van der Waals surface area contributed by atoms with Crippen LogP contribution in [0.5, 0.6) is 5.75 Å². The Kier molecular flexibility index (Phi) is 4.59. The van der Waals surface area contributed by atoms with Crippen molar-refractivity contribution < 1.29 is 27.8 Å². The molecule has 0 atom stereocenters. The number of nitriles is 1. The van der Waals surface area contributed by atoms with Gasteiger partial charge in [0.05, 0.1) is 0 Å². The van der Waals surface area contributed by atoms with E-state index >= 15 is 0 Å². The highest BCUT2D eigenvalue weighted by Gasteiger charge is 2.30. The minimum absolute atomic E-state index is 0.151. The number of ether oxygens (including phenoxy) is 1. The van der Waals surface area contributed by atoms with E-state index in [1.807, 2.05) is 0 Å². The summed E-state index contributed by atoms with van der Waals surface area (Å²) in [6.45, 7) is 1.17. The second kappa shape index (κ2) is 5.97. The molecule has 2 N–H and O–H groups in total. The number of allylic oxidation sites excluding steroid dienone is 1. The zero-order valence-corrected chi connectivity index (χ0v) is 10.2. The molecule has 0 aliphatic rings. The molecule has 1 aromatic rings. The van der Waals surface area contributed by atoms with E-state index in [0.717, 1.165) is 12.1 Å². The number of amides is 1. The molecular formula is C12H9F3N2O3. The largest absolute Gasteiger partial charge is 0.573 e. The molecule has 0 bridgehead atoms. The topological polar surface area (TPSA) is 82.3 Å². The maximum atomic E-state index is 11.9. The van der Waals surface area contributed by atoms with E-state index in [4.69, 9.17) is 10.4 Å². The summed E-state index contributed by atoms with van der Waals surface area (Å²) in [5, 5.41) is 20.0. The molecule has 20 heavy (non-hydrogen) atoms. The molecule has 0 saturated heterocycles. The van der Waals surface area contributed by atoms with Crippen molar-refractivity contribution in [1.82, 2.24) is 0 Å². The summed E-state index contributed by atoms with van der Waals surface area (Å²) in [6.07, 6.45) is -4.80. The van der Waals surface area contributed by atoms with E-state index in [1.54, 1.807) is 0 Å². The fourth-order valence-corrected chi connectivity index (χ4v) is 1.23. The van der Waals surface area contributed by atoms with E-state index < -0.39 is 29.4 Å². The molecule has 0 fully saturated rings. The molecule has 0 unspecified atom stereocenters. The van der Waals surface area contributed by atoms with Crippen molar-refractivity contribution in [2.75, 3.05) is 5.32 Å². The van der Waals surface area contributed by atoms with Crippen LogP contribution in [0.4, 0.5) is 18.9 Å². The van der Waals surface area contributed by atoms with Gasteiger partial charge >= 0.3 is 6.36 Å². The number of aliphatic hydroxyl groups is 1. The van der Waals surface area contributed by atoms with Crippen LogP contribution in [0.1, 0.15) is 6.92 Å². The lowest BCUT2D eigenvalue weighted by atomic mass is 10.2. The average Bonchev–Trinajstić information content (AvgIpc) is 2.30. The van der Waals surface area contributed by atoms with Gasteiger partial charge in [-0.15, -0.1) is 13.2 Å². The number of carbonyl (C=O) groups excluding carboxylic acids is 1. The zero-order chi connectivity index (χ0) is 15.3. The van der Waals surface area contributed by atoms with E-state index in [9.17, 15) is 18.0 Å². The third-order valence-corrected chi connectivity index (χ3v) is 2.05. The summed E-state index contributed by atoms with van der Waals surface area (Å²) in [5.41, 5.74) is -0.334. The van der Waals surface area contributed by atoms with Crippen molar-refractivity contribution in [3.63, 3.8) is 0 Å². The highest BCUT2D eigenvalue weighted by Crippen LogP contribution is 2.24. The minimum Gasteiger partial charge on any atom is -0.511 e. The highest BCUT2D eigenvalue weighted by atomic mass is 19.4. The maximum Gasteiger partial charge on any atom is 0.573 e. The van der Waals surface area contributed by atoms with Gasteiger partial charge in [-0.25, -0.2) is 0 Å². The van der Waals surface area contributed by atoms with E-state index in [1.165, 1.54) is 25.1 Å². The van der Waals surface area contributed by atoms with Crippen LogP contribution < -0.4 is 10.1 Å². The first-order chi connectivity index (χ1) is 9.23. The molecule has 1 amide bonds. The number of hydrogen-bond donors (Lipinski definition) is 2. The Bertz CT molecular complexity index is 567. The van der Waals surface area contributed by atoms with Crippen LogP contribution in [0.15, 0.2) is 35.6 Å². The third-order valence-electron chi connectivity index (χ3n) is 2.05. The van der Waals surface area contributed by atoms with Crippen LogP contribution in [-0.2, 0) is 4.79 Å². The number of nitrogens with one attached hydrogen (secondary N) is 1. The van der Waals surface area contributed by atoms with E-state index in [0.29, 0.717) is 0 Å². The molecule has 0 saturated carbocycles. The summed E-state index contributed by atoms with van der Waals surface area (Å²) in [4.78, 5) is 11.5. The first-order valence-electron chi connectivity index (χ1n) is 5.20. The van der Waals surface area contributed by atoms with Crippen molar-refractivity contribution >= 4 is 11.6 Å². The number of anilines is 1. The van der Waals surface area contributed by atoms with Crippen LogP contribution in [0.25, 0.3) is 0 Å². The molecule has 0 aliphatic heterocycles. The van der Waals surface area contributed by atoms with Crippen LogP contribution in [0.3, 0.4) is 0 Å². The number of rotatable bonds is 3. The average molecular weight is 286 g/mol. The molecular weight excluding hydrogens is 277 g/mol. The smallest absolute Gasteiger partial charge is 0.511 e. The Balaban J connectivity index is 2.79. The molecule has 0 aromatic heterocycles. The SMILES string of the molecule is C/C(O)=C(\C#N)C(=O)Nc1ccc(OC(F)(F)F)cc1. The van der Waals surface area contributed by atoms with E-state index in [2.05, 4.69) is 10.1 Å². The number of alkyl halides is 3. The van der Waals surface area contributed by atoms with Gasteiger partial charge in [0.1, 0.15) is 17.6 Å². The summed E-state index contributed by atoms with van der Waals surface area (Å²) in [7, 11) is 0. The third kappa shape index (κ3) is 4.53. The number of hydrogen-bond acceptors (Lipinski definition) is 4. The predicted molar refractivity (Wildman–Crippen MR) is 62.7 cm³/mol. The molecule has 0 spiro atoms. The van der Waals surface area contributed by atoms with Gasteiger partial charge < -0.3 is 15.2 Å². The van der Waals surface area contributed by atoms with Crippen LogP contribution in [0, 0.1) is 11.3 Å². The Morgan fingerprint density at radius 1 is 1.35 bits per heavy atom. The standard InChI is InChI=1S/C12H9F3N2O3/c1-7(18)10(6-16)11(19)17-8-2-4-9(5-3-8)20-12(13,14)15/h2-5,18H,1H3,(H,17,19)/b10-7-. The van der Waals surface area contributed by atoms with Crippen LogP contribution in [0.2, 0.25) is 0 Å². The first kappa shape index (κ1) is 15.4. The maximum absolute atomic E-state index is 11.9. The number of aliphatic hydroxyl groups excluding tert-OH is 1. The monoisotopic (exact) mass is 286 g/mol. The lowest BCUT2D eigenvalue weighted by molar-refractivity contribution is -0.274. The molecule has 1 rings (SSSR count). The Labute approximate surface area is 111 Å². The van der Waals surface area contributed by atoms with Gasteiger partial charge in [-0.1, -0.05) is 0 Å². The van der Waals surface area contributed by atoms with Crippen molar-refractivity contribution in [2.24, 2.45) is 0 Å². The fourth-order valence-electron chi connectivity index (χ4n) is 1.23. The lowest BCUT2D eigenvalue weighted by Gasteiger charge is -2.09. The fraction of sp³-hybridized carbons (Fsp3) is 0.167. The minimum atomic E-state index is -4.80. The van der Waals surface area contributed by atoms with Gasteiger partial charge in [0.15, 0.2) is 5.57 Å². The van der Waals surface area contributed by atoms with Gasteiger partial charge in [-0.05, 0) is 31.2 Å².